The van der Waals surface area contributed by atoms with Crippen molar-refractivity contribution in [3.05, 3.63) is 51.7 Å². The summed E-state index contributed by atoms with van der Waals surface area (Å²) in [6.45, 7) is 4.52. The second kappa shape index (κ2) is 8.89. The van der Waals surface area contributed by atoms with Crippen LogP contribution in [0.1, 0.15) is 28.4 Å². The molecule has 1 aromatic heterocycles. The lowest BCUT2D eigenvalue weighted by atomic mass is 10.1. The summed E-state index contributed by atoms with van der Waals surface area (Å²) in [7, 11) is 1.79. The van der Waals surface area contributed by atoms with E-state index in [-0.39, 0.29) is 11.8 Å². The monoisotopic (exact) mass is 362 g/mol. The molecule has 0 aliphatic carbocycles. The SMILES string of the molecule is CCSCC(=O)Nc1cc(C(=O)N(C)Cc2ccsc2)ccc1C. The van der Waals surface area contributed by atoms with Crippen LogP contribution < -0.4 is 5.32 Å². The molecular formula is C18H22N2O2S2. The number of nitrogens with zero attached hydrogens (tertiary/aromatic N) is 1. The molecule has 2 aromatic rings. The third-order valence-corrected chi connectivity index (χ3v) is 5.15. The van der Waals surface area contributed by atoms with E-state index in [4.69, 9.17) is 0 Å². The van der Waals surface area contributed by atoms with Crippen molar-refractivity contribution in [2.24, 2.45) is 0 Å². The van der Waals surface area contributed by atoms with Gasteiger partial charge in [-0.15, -0.1) is 0 Å². The van der Waals surface area contributed by atoms with Gasteiger partial charge in [-0.3, -0.25) is 9.59 Å². The lowest BCUT2D eigenvalue weighted by Crippen LogP contribution is -2.26. The minimum absolute atomic E-state index is 0.0406. The molecule has 0 saturated heterocycles. The molecule has 1 heterocycles. The van der Waals surface area contributed by atoms with E-state index in [1.807, 2.05) is 36.7 Å². The first-order valence-electron chi connectivity index (χ1n) is 7.76. The first-order valence-corrected chi connectivity index (χ1v) is 9.85. The maximum absolute atomic E-state index is 12.6. The van der Waals surface area contributed by atoms with Crippen LogP contribution in [-0.4, -0.2) is 35.3 Å². The van der Waals surface area contributed by atoms with Crippen molar-refractivity contribution in [1.29, 1.82) is 0 Å². The summed E-state index contributed by atoms with van der Waals surface area (Å²) in [6, 6.07) is 7.45. The van der Waals surface area contributed by atoms with Gasteiger partial charge in [-0.05, 0) is 52.8 Å². The number of anilines is 1. The third kappa shape index (κ3) is 5.11. The van der Waals surface area contributed by atoms with Crippen LogP contribution in [0.4, 0.5) is 5.69 Å². The molecule has 0 spiro atoms. The molecule has 6 heteroatoms. The van der Waals surface area contributed by atoms with Crippen LogP contribution in [0.5, 0.6) is 0 Å². The Kier molecular flexibility index (Phi) is 6.87. The molecule has 0 unspecified atom stereocenters. The highest BCUT2D eigenvalue weighted by Crippen LogP contribution is 2.19. The molecule has 24 heavy (non-hydrogen) atoms. The molecular weight excluding hydrogens is 340 g/mol. The molecule has 0 atom stereocenters. The third-order valence-electron chi connectivity index (χ3n) is 3.54. The Morgan fingerprint density at radius 2 is 2.08 bits per heavy atom. The lowest BCUT2D eigenvalue weighted by molar-refractivity contribution is -0.113. The fourth-order valence-electron chi connectivity index (χ4n) is 2.22. The number of hydrogen-bond acceptors (Lipinski definition) is 4. The van der Waals surface area contributed by atoms with E-state index in [0.29, 0.717) is 23.5 Å². The predicted octanol–water partition coefficient (Wildman–Crippen LogP) is 4.02. The number of rotatable bonds is 7. The van der Waals surface area contributed by atoms with E-state index < -0.39 is 0 Å². The van der Waals surface area contributed by atoms with E-state index in [2.05, 4.69) is 5.32 Å². The number of hydrogen-bond donors (Lipinski definition) is 1. The number of benzene rings is 1. The summed E-state index contributed by atoms with van der Waals surface area (Å²) in [6.07, 6.45) is 0. The van der Waals surface area contributed by atoms with Crippen molar-refractivity contribution in [3.63, 3.8) is 0 Å². The summed E-state index contributed by atoms with van der Waals surface area (Å²) >= 11 is 3.19. The Balaban J connectivity index is 2.08. The van der Waals surface area contributed by atoms with E-state index in [1.165, 1.54) is 0 Å². The maximum Gasteiger partial charge on any atom is 0.253 e. The zero-order chi connectivity index (χ0) is 17.5. The van der Waals surface area contributed by atoms with Crippen molar-refractivity contribution in [1.82, 2.24) is 4.90 Å². The molecule has 2 rings (SSSR count). The second-order valence-corrected chi connectivity index (χ2v) is 7.56. The molecule has 0 aliphatic heterocycles. The van der Waals surface area contributed by atoms with Crippen molar-refractivity contribution >= 4 is 40.6 Å². The summed E-state index contributed by atoms with van der Waals surface area (Å²) < 4.78 is 0. The highest BCUT2D eigenvalue weighted by Gasteiger charge is 2.14. The zero-order valence-corrected chi connectivity index (χ0v) is 15.8. The van der Waals surface area contributed by atoms with E-state index in [0.717, 1.165) is 16.9 Å². The lowest BCUT2D eigenvalue weighted by Gasteiger charge is -2.18. The molecule has 1 aromatic carbocycles. The number of thioether (sulfide) groups is 1. The van der Waals surface area contributed by atoms with Crippen LogP contribution in [0.3, 0.4) is 0 Å². The predicted molar refractivity (Wildman–Crippen MR) is 103 cm³/mol. The van der Waals surface area contributed by atoms with Crippen LogP contribution >= 0.6 is 23.1 Å². The first kappa shape index (κ1) is 18.5. The van der Waals surface area contributed by atoms with Crippen LogP contribution in [-0.2, 0) is 11.3 Å². The van der Waals surface area contributed by atoms with Gasteiger partial charge in [-0.25, -0.2) is 0 Å². The fourth-order valence-corrected chi connectivity index (χ4v) is 3.34. The summed E-state index contributed by atoms with van der Waals surface area (Å²) in [4.78, 5) is 26.2. The van der Waals surface area contributed by atoms with Crippen LogP contribution in [0.2, 0.25) is 0 Å². The van der Waals surface area contributed by atoms with Crippen LogP contribution in [0, 0.1) is 6.92 Å². The van der Waals surface area contributed by atoms with Gasteiger partial charge in [0.15, 0.2) is 0 Å². The van der Waals surface area contributed by atoms with Crippen molar-refractivity contribution in [2.45, 2.75) is 20.4 Å². The Morgan fingerprint density at radius 1 is 1.29 bits per heavy atom. The number of aryl methyl sites for hydroxylation is 1. The molecule has 2 amide bonds. The zero-order valence-electron chi connectivity index (χ0n) is 14.2. The van der Waals surface area contributed by atoms with Gasteiger partial charge < -0.3 is 10.2 Å². The highest BCUT2D eigenvalue weighted by molar-refractivity contribution is 7.99. The molecule has 0 fully saturated rings. The molecule has 1 N–H and O–H groups in total. The second-order valence-electron chi connectivity index (χ2n) is 5.51. The fraction of sp³-hybridized carbons (Fsp3) is 0.333. The average Bonchev–Trinajstić information content (AvgIpc) is 3.07. The van der Waals surface area contributed by atoms with Crippen molar-refractivity contribution < 1.29 is 9.59 Å². The Labute approximate surface area is 151 Å². The van der Waals surface area contributed by atoms with Gasteiger partial charge >= 0.3 is 0 Å². The Bertz CT molecular complexity index is 699. The number of nitrogens with one attached hydrogen (secondary N) is 1. The normalized spacial score (nSPS) is 10.5. The topological polar surface area (TPSA) is 49.4 Å². The van der Waals surface area contributed by atoms with E-state index in [9.17, 15) is 9.59 Å². The van der Waals surface area contributed by atoms with Gasteiger partial charge in [0, 0.05) is 24.8 Å². The summed E-state index contributed by atoms with van der Waals surface area (Å²) in [5, 5.41) is 6.94. The number of carbonyl (C=O) groups excluding carboxylic acids is 2. The summed E-state index contributed by atoms with van der Waals surface area (Å²) in [5.74, 6) is 1.23. The standard InChI is InChI=1S/C18H22N2O2S2/c1-4-23-12-17(21)19-16-9-15(6-5-13(16)2)18(22)20(3)10-14-7-8-24-11-14/h5-9,11H,4,10,12H2,1-3H3,(H,19,21). The Morgan fingerprint density at radius 3 is 2.75 bits per heavy atom. The van der Waals surface area contributed by atoms with Gasteiger partial charge in [-0.2, -0.15) is 23.1 Å². The minimum atomic E-state index is -0.0559. The van der Waals surface area contributed by atoms with Crippen molar-refractivity contribution in [2.75, 3.05) is 23.9 Å². The van der Waals surface area contributed by atoms with Crippen LogP contribution in [0.15, 0.2) is 35.0 Å². The summed E-state index contributed by atoms with van der Waals surface area (Å²) in [5.41, 5.74) is 3.35. The van der Waals surface area contributed by atoms with Gasteiger partial charge in [0.25, 0.3) is 5.91 Å². The molecule has 0 saturated carbocycles. The van der Waals surface area contributed by atoms with E-state index in [1.54, 1.807) is 47.2 Å². The largest absolute Gasteiger partial charge is 0.337 e. The Hall–Kier alpha value is -1.79. The van der Waals surface area contributed by atoms with Gasteiger partial charge in [0.2, 0.25) is 5.91 Å². The first-order chi connectivity index (χ1) is 11.5. The number of thiophene rings is 1. The molecule has 0 radical (unpaired) electrons. The molecule has 128 valence electrons. The van der Waals surface area contributed by atoms with Gasteiger partial charge in [0.1, 0.15) is 0 Å². The molecule has 4 nitrogen and oxygen atoms in total. The van der Waals surface area contributed by atoms with Crippen molar-refractivity contribution in [3.8, 4) is 0 Å². The molecule has 0 bridgehead atoms. The van der Waals surface area contributed by atoms with E-state index >= 15 is 0 Å². The molecule has 0 aliphatic rings. The number of carbonyl (C=O) groups is 2. The van der Waals surface area contributed by atoms with Gasteiger partial charge in [-0.1, -0.05) is 13.0 Å². The quantitative estimate of drug-likeness (QED) is 0.809. The van der Waals surface area contributed by atoms with Crippen LogP contribution in [0.25, 0.3) is 0 Å². The highest BCUT2D eigenvalue weighted by atomic mass is 32.2. The maximum atomic E-state index is 12.6. The smallest absolute Gasteiger partial charge is 0.253 e. The average molecular weight is 363 g/mol. The van der Waals surface area contributed by atoms with Gasteiger partial charge in [0.05, 0.1) is 5.75 Å². The minimum Gasteiger partial charge on any atom is -0.337 e. The number of amides is 2.